The van der Waals surface area contributed by atoms with Crippen LogP contribution in [0.15, 0.2) is 18.2 Å². The van der Waals surface area contributed by atoms with Crippen molar-refractivity contribution in [3.63, 3.8) is 0 Å². The van der Waals surface area contributed by atoms with Crippen LogP contribution in [0, 0.1) is 10.1 Å². The van der Waals surface area contributed by atoms with Gasteiger partial charge in [0.25, 0.3) is 5.69 Å². The van der Waals surface area contributed by atoms with E-state index >= 15 is 0 Å². The van der Waals surface area contributed by atoms with Gasteiger partial charge < -0.3 is 10.4 Å². The molecule has 0 amide bonds. The van der Waals surface area contributed by atoms with E-state index in [0.717, 1.165) is 12.0 Å². The molecule has 0 aliphatic heterocycles. The number of benzene rings is 1. The minimum Gasteiger partial charge on any atom is -0.389 e. The number of rotatable bonds is 8. The molecule has 0 aliphatic carbocycles. The van der Waals surface area contributed by atoms with E-state index in [-0.39, 0.29) is 10.6 Å². The van der Waals surface area contributed by atoms with E-state index in [9.17, 15) is 15.2 Å². The summed E-state index contributed by atoms with van der Waals surface area (Å²) in [4.78, 5) is 12.6. The highest BCUT2D eigenvalue weighted by Crippen LogP contribution is 2.26. The summed E-state index contributed by atoms with van der Waals surface area (Å²) in [6, 6.07) is 5.11. The Kier molecular flexibility index (Phi) is 6.11. The summed E-state index contributed by atoms with van der Waals surface area (Å²) in [7, 11) is 1.92. The van der Waals surface area contributed by atoms with Gasteiger partial charge in [-0.3, -0.25) is 15.0 Å². The van der Waals surface area contributed by atoms with Crippen LogP contribution < -0.4 is 5.32 Å². The van der Waals surface area contributed by atoms with Gasteiger partial charge in [-0.1, -0.05) is 13.0 Å². The van der Waals surface area contributed by atoms with Crippen molar-refractivity contribution in [1.82, 2.24) is 4.90 Å². The first-order valence-electron chi connectivity index (χ1n) is 7.15. The zero-order valence-electron chi connectivity index (χ0n) is 13.2. The van der Waals surface area contributed by atoms with Gasteiger partial charge in [-0.25, -0.2) is 0 Å². The monoisotopic (exact) mass is 295 g/mol. The Morgan fingerprint density at radius 1 is 1.43 bits per heavy atom. The van der Waals surface area contributed by atoms with Crippen LogP contribution in [0.3, 0.4) is 0 Å². The zero-order chi connectivity index (χ0) is 16.0. The minimum atomic E-state index is -0.765. The van der Waals surface area contributed by atoms with E-state index in [0.29, 0.717) is 25.3 Å². The molecule has 1 aromatic carbocycles. The van der Waals surface area contributed by atoms with E-state index in [1.165, 1.54) is 6.07 Å². The standard InChI is InChI=1S/C15H25N3O3/c1-5-8-16-13-9-12(6-7-14(13)18(20)21)10-17(4)11-15(2,3)19/h6-7,9,16,19H,5,8,10-11H2,1-4H3. The number of nitro benzene ring substituents is 1. The molecule has 0 saturated carbocycles. The fraction of sp³-hybridized carbons (Fsp3) is 0.600. The van der Waals surface area contributed by atoms with Gasteiger partial charge in [-0.2, -0.15) is 0 Å². The molecule has 6 nitrogen and oxygen atoms in total. The molecular formula is C15H25N3O3. The first-order valence-corrected chi connectivity index (χ1v) is 7.15. The minimum absolute atomic E-state index is 0.0948. The van der Waals surface area contributed by atoms with Gasteiger partial charge in [0.05, 0.1) is 10.5 Å². The van der Waals surface area contributed by atoms with Gasteiger partial charge in [0.2, 0.25) is 0 Å². The van der Waals surface area contributed by atoms with Crippen LogP contribution in [-0.4, -0.2) is 40.7 Å². The quantitative estimate of drug-likeness (QED) is 0.569. The number of anilines is 1. The molecule has 0 bridgehead atoms. The zero-order valence-corrected chi connectivity index (χ0v) is 13.2. The SMILES string of the molecule is CCCNc1cc(CN(C)CC(C)(C)O)ccc1[N+](=O)[O-]. The Labute approximate surface area is 125 Å². The van der Waals surface area contributed by atoms with Gasteiger partial charge in [-0.15, -0.1) is 0 Å². The molecule has 0 fully saturated rings. The maximum absolute atomic E-state index is 11.0. The number of hydrogen-bond donors (Lipinski definition) is 2. The largest absolute Gasteiger partial charge is 0.389 e. The second-order valence-corrected chi connectivity index (χ2v) is 6.02. The summed E-state index contributed by atoms with van der Waals surface area (Å²) in [6.45, 7) is 7.38. The lowest BCUT2D eigenvalue weighted by Gasteiger charge is -2.25. The molecule has 21 heavy (non-hydrogen) atoms. The van der Waals surface area contributed by atoms with Crippen molar-refractivity contribution < 1.29 is 10.0 Å². The van der Waals surface area contributed by atoms with E-state index < -0.39 is 5.60 Å². The van der Waals surface area contributed by atoms with Gasteiger partial charge in [0.15, 0.2) is 0 Å². The lowest BCUT2D eigenvalue weighted by molar-refractivity contribution is -0.384. The first kappa shape index (κ1) is 17.4. The average molecular weight is 295 g/mol. The van der Waals surface area contributed by atoms with Crippen LogP contribution in [-0.2, 0) is 6.54 Å². The second-order valence-electron chi connectivity index (χ2n) is 6.02. The predicted molar refractivity (Wildman–Crippen MR) is 84.5 cm³/mol. The molecule has 0 heterocycles. The molecule has 118 valence electrons. The summed E-state index contributed by atoms with van der Waals surface area (Å²) in [6.07, 6.45) is 0.903. The van der Waals surface area contributed by atoms with Crippen LogP contribution in [0.4, 0.5) is 11.4 Å². The van der Waals surface area contributed by atoms with Crippen molar-refractivity contribution in [2.45, 2.75) is 39.3 Å². The van der Waals surface area contributed by atoms with Gasteiger partial charge in [0, 0.05) is 25.7 Å². The Balaban J connectivity index is 2.86. The van der Waals surface area contributed by atoms with Crippen molar-refractivity contribution in [2.24, 2.45) is 0 Å². The van der Waals surface area contributed by atoms with Gasteiger partial charge >= 0.3 is 0 Å². The van der Waals surface area contributed by atoms with E-state index in [4.69, 9.17) is 0 Å². The molecular weight excluding hydrogens is 270 g/mol. The molecule has 0 spiro atoms. The summed E-state index contributed by atoms with van der Waals surface area (Å²) in [5, 5.41) is 23.9. The third kappa shape index (κ3) is 6.10. The molecule has 0 unspecified atom stereocenters. The number of hydrogen-bond acceptors (Lipinski definition) is 5. The highest BCUT2D eigenvalue weighted by molar-refractivity contribution is 5.62. The highest BCUT2D eigenvalue weighted by Gasteiger charge is 2.17. The van der Waals surface area contributed by atoms with Crippen LogP contribution >= 0.6 is 0 Å². The molecule has 6 heteroatoms. The van der Waals surface area contributed by atoms with Gasteiger partial charge in [0.1, 0.15) is 5.69 Å². The molecule has 0 aromatic heterocycles. The number of nitrogens with one attached hydrogen (secondary N) is 1. The molecule has 0 atom stereocenters. The lowest BCUT2D eigenvalue weighted by Crippen LogP contribution is -2.35. The fourth-order valence-corrected chi connectivity index (χ4v) is 2.27. The fourth-order valence-electron chi connectivity index (χ4n) is 2.27. The molecule has 0 saturated heterocycles. The number of nitro groups is 1. The third-order valence-corrected chi connectivity index (χ3v) is 2.93. The number of aliphatic hydroxyl groups is 1. The average Bonchev–Trinajstić information content (AvgIpc) is 2.33. The van der Waals surface area contributed by atoms with Crippen molar-refractivity contribution in [2.75, 3.05) is 25.5 Å². The smallest absolute Gasteiger partial charge is 0.292 e. The van der Waals surface area contributed by atoms with E-state index in [1.807, 2.05) is 24.9 Å². The van der Waals surface area contributed by atoms with E-state index in [2.05, 4.69) is 5.32 Å². The second kappa shape index (κ2) is 7.38. The van der Waals surface area contributed by atoms with Crippen LogP contribution in [0.1, 0.15) is 32.8 Å². The van der Waals surface area contributed by atoms with Crippen molar-refractivity contribution in [3.8, 4) is 0 Å². The molecule has 2 N–H and O–H groups in total. The number of likely N-dealkylation sites (N-methyl/N-ethyl adjacent to an activating group) is 1. The summed E-state index contributed by atoms with van der Waals surface area (Å²) in [5.41, 5.74) is 0.859. The Morgan fingerprint density at radius 3 is 2.62 bits per heavy atom. The van der Waals surface area contributed by atoms with Crippen molar-refractivity contribution in [1.29, 1.82) is 0 Å². The maximum atomic E-state index is 11.0. The van der Waals surface area contributed by atoms with Crippen LogP contribution in [0.5, 0.6) is 0 Å². The predicted octanol–water partition coefficient (Wildman–Crippen LogP) is 2.62. The maximum Gasteiger partial charge on any atom is 0.292 e. The molecule has 0 aliphatic rings. The number of nitrogens with zero attached hydrogens (tertiary/aromatic N) is 2. The lowest BCUT2D eigenvalue weighted by atomic mass is 10.1. The first-order chi connectivity index (χ1) is 9.73. The summed E-state index contributed by atoms with van der Waals surface area (Å²) >= 11 is 0. The van der Waals surface area contributed by atoms with Crippen molar-refractivity contribution >= 4 is 11.4 Å². The summed E-state index contributed by atoms with van der Waals surface area (Å²) in [5.74, 6) is 0. The Bertz CT molecular complexity index is 484. The van der Waals surface area contributed by atoms with E-state index in [1.54, 1.807) is 19.9 Å². The topological polar surface area (TPSA) is 78.6 Å². The highest BCUT2D eigenvalue weighted by atomic mass is 16.6. The van der Waals surface area contributed by atoms with Gasteiger partial charge in [-0.05, 0) is 38.9 Å². The summed E-state index contributed by atoms with van der Waals surface area (Å²) < 4.78 is 0. The molecule has 1 rings (SSSR count). The molecule has 1 aromatic rings. The van der Waals surface area contributed by atoms with Crippen LogP contribution in [0.2, 0.25) is 0 Å². The van der Waals surface area contributed by atoms with Crippen LogP contribution in [0.25, 0.3) is 0 Å². The third-order valence-electron chi connectivity index (χ3n) is 2.93. The Hall–Kier alpha value is -1.66. The van der Waals surface area contributed by atoms with Crippen molar-refractivity contribution in [3.05, 3.63) is 33.9 Å². The normalized spacial score (nSPS) is 11.7. The molecule has 0 radical (unpaired) electrons. The Morgan fingerprint density at radius 2 is 2.10 bits per heavy atom.